The molecule has 0 aliphatic rings. The zero-order valence-corrected chi connectivity index (χ0v) is 14.6. The van der Waals surface area contributed by atoms with E-state index in [-0.39, 0.29) is 41.6 Å². The maximum Gasteiger partial charge on any atom is 0.309 e. The van der Waals surface area contributed by atoms with Crippen molar-refractivity contribution in [3.8, 4) is 23.0 Å². The lowest BCUT2D eigenvalue weighted by atomic mass is 9.93. The molecular weight excluding hydrogens is 352 g/mol. The Labute approximate surface area is 155 Å². The van der Waals surface area contributed by atoms with E-state index in [1.54, 1.807) is 6.07 Å². The Hall–Kier alpha value is -3.48. The second-order valence-electron chi connectivity index (χ2n) is 6.00. The summed E-state index contributed by atoms with van der Waals surface area (Å²) in [5.41, 5.74) is 1.08. The molecule has 27 heavy (non-hydrogen) atoms. The zero-order chi connectivity index (χ0) is 20.0. The smallest absolute Gasteiger partial charge is 0.309 e. The fraction of sp³-hybridized carbons (Fsp3) is 0.200. The molecule has 0 fully saturated rings. The van der Waals surface area contributed by atoms with E-state index >= 15 is 0 Å². The van der Waals surface area contributed by atoms with Gasteiger partial charge in [0.1, 0.15) is 0 Å². The standard InChI is InChI=1S/C20H20O7/c1-27-20(26)14(8-13-4-7-17(23)19(25)10-13)11-15(21)5-2-12-3-6-16(22)18(24)9-12/h2-7,9-10,14,22-25H,8,11H2,1H3/t14-/m0/s1. The van der Waals surface area contributed by atoms with Crippen LogP contribution in [0.3, 0.4) is 0 Å². The third kappa shape index (κ3) is 5.50. The van der Waals surface area contributed by atoms with Gasteiger partial charge in [0, 0.05) is 6.42 Å². The Morgan fingerprint density at radius 1 is 0.963 bits per heavy atom. The Kier molecular flexibility index (Phi) is 6.43. The largest absolute Gasteiger partial charge is 0.504 e. The highest BCUT2D eigenvalue weighted by Gasteiger charge is 2.22. The van der Waals surface area contributed by atoms with Crippen molar-refractivity contribution in [3.63, 3.8) is 0 Å². The van der Waals surface area contributed by atoms with Gasteiger partial charge in [0.2, 0.25) is 0 Å². The summed E-state index contributed by atoms with van der Waals surface area (Å²) in [6.07, 6.45) is 2.77. The van der Waals surface area contributed by atoms with Crippen molar-refractivity contribution in [1.82, 2.24) is 0 Å². The molecule has 142 valence electrons. The molecule has 0 aliphatic heterocycles. The summed E-state index contributed by atoms with van der Waals surface area (Å²) in [6, 6.07) is 8.30. The van der Waals surface area contributed by atoms with Gasteiger partial charge in [-0.25, -0.2) is 0 Å². The van der Waals surface area contributed by atoms with Crippen LogP contribution in [0.4, 0.5) is 0 Å². The van der Waals surface area contributed by atoms with E-state index in [0.29, 0.717) is 11.1 Å². The van der Waals surface area contributed by atoms with Crippen LogP contribution < -0.4 is 0 Å². The number of allylic oxidation sites excluding steroid dienone is 1. The van der Waals surface area contributed by atoms with Crippen molar-refractivity contribution in [2.75, 3.05) is 7.11 Å². The van der Waals surface area contributed by atoms with E-state index in [1.165, 1.54) is 49.6 Å². The Bertz CT molecular complexity index is 871. The SMILES string of the molecule is COC(=O)[C@H](CC(=O)C=Cc1ccc(O)c(O)c1)Cc1ccc(O)c(O)c1. The highest BCUT2D eigenvalue weighted by molar-refractivity contribution is 5.95. The van der Waals surface area contributed by atoms with Gasteiger partial charge in [-0.2, -0.15) is 0 Å². The molecule has 0 aliphatic carbocycles. The second-order valence-corrected chi connectivity index (χ2v) is 6.00. The van der Waals surface area contributed by atoms with Crippen molar-refractivity contribution in [2.45, 2.75) is 12.8 Å². The van der Waals surface area contributed by atoms with E-state index in [4.69, 9.17) is 4.74 Å². The van der Waals surface area contributed by atoms with Gasteiger partial charge in [-0.1, -0.05) is 18.2 Å². The van der Waals surface area contributed by atoms with Crippen molar-refractivity contribution < 1.29 is 34.8 Å². The van der Waals surface area contributed by atoms with Crippen molar-refractivity contribution in [1.29, 1.82) is 0 Å². The average Bonchev–Trinajstić information content (AvgIpc) is 2.64. The van der Waals surface area contributed by atoms with Crippen LogP contribution >= 0.6 is 0 Å². The van der Waals surface area contributed by atoms with Crippen LogP contribution in [0.5, 0.6) is 23.0 Å². The molecule has 0 amide bonds. The molecular formula is C20H20O7. The Morgan fingerprint density at radius 3 is 2.19 bits per heavy atom. The maximum absolute atomic E-state index is 12.2. The van der Waals surface area contributed by atoms with Gasteiger partial charge < -0.3 is 25.2 Å². The first kappa shape index (κ1) is 19.8. The fourth-order valence-electron chi connectivity index (χ4n) is 2.53. The molecule has 2 aromatic carbocycles. The number of benzene rings is 2. The van der Waals surface area contributed by atoms with Crippen molar-refractivity contribution in [2.24, 2.45) is 5.92 Å². The van der Waals surface area contributed by atoms with Gasteiger partial charge in [0.05, 0.1) is 13.0 Å². The van der Waals surface area contributed by atoms with Crippen LogP contribution in [0, 0.1) is 5.92 Å². The summed E-state index contributed by atoms with van der Waals surface area (Å²) < 4.78 is 4.74. The number of ketones is 1. The van der Waals surface area contributed by atoms with Gasteiger partial charge in [0.15, 0.2) is 28.8 Å². The first-order chi connectivity index (χ1) is 12.8. The van der Waals surface area contributed by atoms with Crippen LogP contribution in [0.2, 0.25) is 0 Å². The van der Waals surface area contributed by atoms with Gasteiger partial charge in [-0.3, -0.25) is 9.59 Å². The third-order valence-corrected chi connectivity index (χ3v) is 3.97. The molecule has 0 aromatic heterocycles. The van der Waals surface area contributed by atoms with Gasteiger partial charge in [-0.15, -0.1) is 0 Å². The van der Waals surface area contributed by atoms with Crippen LogP contribution in [-0.4, -0.2) is 39.3 Å². The van der Waals surface area contributed by atoms with Crippen LogP contribution in [0.1, 0.15) is 17.5 Å². The maximum atomic E-state index is 12.2. The van der Waals surface area contributed by atoms with E-state index in [1.807, 2.05) is 0 Å². The molecule has 0 spiro atoms. The van der Waals surface area contributed by atoms with Gasteiger partial charge in [0.25, 0.3) is 0 Å². The Balaban J connectivity index is 2.09. The lowest BCUT2D eigenvalue weighted by Crippen LogP contribution is -2.21. The first-order valence-corrected chi connectivity index (χ1v) is 8.11. The van der Waals surface area contributed by atoms with Crippen molar-refractivity contribution >= 4 is 17.8 Å². The van der Waals surface area contributed by atoms with Crippen LogP contribution in [0.25, 0.3) is 6.08 Å². The molecule has 4 N–H and O–H groups in total. The van der Waals surface area contributed by atoms with E-state index in [9.17, 15) is 30.0 Å². The summed E-state index contributed by atoms with van der Waals surface area (Å²) in [7, 11) is 1.23. The van der Waals surface area contributed by atoms with Crippen LogP contribution in [0.15, 0.2) is 42.5 Å². The summed E-state index contributed by atoms with van der Waals surface area (Å²) in [5, 5.41) is 37.6. The highest BCUT2D eigenvalue weighted by atomic mass is 16.5. The molecule has 7 nitrogen and oxygen atoms in total. The first-order valence-electron chi connectivity index (χ1n) is 8.11. The molecule has 1 atom stereocenters. The molecule has 0 saturated carbocycles. The summed E-state index contributed by atoms with van der Waals surface area (Å²) in [5.74, 6) is -2.80. The minimum Gasteiger partial charge on any atom is -0.504 e. The molecule has 2 rings (SSSR count). The molecule has 0 unspecified atom stereocenters. The topological polar surface area (TPSA) is 124 Å². The molecule has 0 radical (unpaired) electrons. The Morgan fingerprint density at radius 2 is 1.59 bits per heavy atom. The zero-order valence-electron chi connectivity index (χ0n) is 14.6. The number of aromatic hydroxyl groups is 4. The lowest BCUT2D eigenvalue weighted by Gasteiger charge is -2.13. The summed E-state index contributed by atoms with van der Waals surface area (Å²) >= 11 is 0. The van der Waals surface area contributed by atoms with Gasteiger partial charge >= 0.3 is 5.97 Å². The molecule has 0 heterocycles. The number of phenols is 4. The highest BCUT2D eigenvalue weighted by Crippen LogP contribution is 2.27. The molecule has 0 bridgehead atoms. The summed E-state index contributed by atoms with van der Waals surface area (Å²) in [4.78, 5) is 24.2. The molecule has 2 aromatic rings. The predicted molar refractivity (Wildman–Crippen MR) is 97.4 cm³/mol. The molecule has 7 heteroatoms. The number of phenolic OH excluding ortho intramolecular Hbond substituents is 4. The normalized spacial score (nSPS) is 12.0. The number of rotatable bonds is 7. The van der Waals surface area contributed by atoms with Crippen molar-refractivity contribution in [3.05, 3.63) is 53.6 Å². The number of esters is 1. The van der Waals surface area contributed by atoms with E-state index < -0.39 is 11.9 Å². The summed E-state index contributed by atoms with van der Waals surface area (Å²) in [6.45, 7) is 0. The minimum absolute atomic E-state index is 0.116. The van der Waals surface area contributed by atoms with Crippen LogP contribution in [-0.2, 0) is 20.7 Å². The molecule has 0 saturated heterocycles. The average molecular weight is 372 g/mol. The minimum atomic E-state index is -0.760. The predicted octanol–water partition coefficient (Wildman–Crippen LogP) is 2.51. The third-order valence-electron chi connectivity index (χ3n) is 3.97. The number of carbonyl (C=O) groups excluding carboxylic acids is 2. The second kappa shape index (κ2) is 8.75. The number of carbonyl (C=O) groups is 2. The lowest BCUT2D eigenvalue weighted by molar-refractivity contribution is -0.146. The van der Waals surface area contributed by atoms with E-state index in [2.05, 4.69) is 0 Å². The monoisotopic (exact) mass is 372 g/mol. The quantitative estimate of drug-likeness (QED) is 0.334. The van der Waals surface area contributed by atoms with E-state index in [0.717, 1.165) is 0 Å². The van der Waals surface area contributed by atoms with Gasteiger partial charge in [-0.05, 0) is 47.9 Å². The number of hydrogen-bond acceptors (Lipinski definition) is 7. The fourth-order valence-corrected chi connectivity index (χ4v) is 2.53. The number of methoxy groups -OCH3 is 1. The number of ether oxygens (including phenoxy) is 1. The number of hydrogen-bond donors (Lipinski definition) is 4.